The molecule has 2 aromatic heterocycles. The maximum Gasteiger partial charge on any atom is 0.257 e. The summed E-state index contributed by atoms with van der Waals surface area (Å²) < 4.78 is 19.0. The summed E-state index contributed by atoms with van der Waals surface area (Å²) >= 11 is 1.51. The van der Waals surface area contributed by atoms with E-state index in [2.05, 4.69) is 15.5 Å². The van der Waals surface area contributed by atoms with Crippen molar-refractivity contribution >= 4 is 17.2 Å². The van der Waals surface area contributed by atoms with E-state index in [1.807, 2.05) is 17.5 Å². The van der Waals surface area contributed by atoms with Crippen molar-refractivity contribution in [1.82, 2.24) is 15.5 Å². The van der Waals surface area contributed by atoms with Gasteiger partial charge in [0.1, 0.15) is 5.82 Å². The molecule has 1 amide bonds. The highest BCUT2D eigenvalue weighted by molar-refractivity contribution is 7.13. The molecule has 3 rings (SSSR count). The lowest BCUT2D eigenvalue weighted by atomic mass is 10.2. The van der Waals surface area contributed by atoms with Crippen LogP contribution in [0.25, 0.3) is 10.8 Å². The van der Waals surface area contributed by atoms with Gasteiger partial charge in [-0.15, -0.1) is 21.5 Å². The van der Waals surface area contributed by atoms with Crippen molar-refractivity contribution in [3.63, 3.8) is 0 Å². The Morgan fingerprint density at radius 3 is 2.86 bits per heavy atom. The Morgan fingerprint density at radius 1 is 1.23 bits per heavy atom. The predicted molar refractivity (Wildman–Crippen MR) is 80.0 cm³/mol. The van der Waals surface area contributed by atoms with Crippen LogP contribution in [0, 0.1) is 5.82 Å². The third-order valence-corrected chi connectivity index (χ3v) is 3.80. The van der Waals surface area contributed by atoms with Crippen LogP contribution in [0.3, 0.4) is 0 Å². The van der Waals surface area contributed by atoms with Gasteiger partial charge in [-0.1, -0.05) is 18.2 Å². The molecular formula is C15H12FN3O2S. The number of hydrogen-bond donors (Lipinski definition) is 1. The van der Waals surface area contributed by atoms with Gasteiger partial charge in [0.15, 0.2) is 0 Å². The molecule has 0 saturated carbocycles. The summed E-state index contributed by atoms with van der Waals surface area (Å²) in [5, 5.41) is 12.4. The minimum atomic E-state index is -0.544. The van der Waals surface area contributed by atoms with Crippen LogP contribution >= 0.6 is 11.3 Å². The second-order valence-corrected chi connectivity index (χ2v) is 5.41. The number of nitrogens with one attached hydrogen (secondary N) is 1. The molecule has 0 aliphatic carbocycles. The fourth-order valence-electron chi connectivity index (χ4n) is 1.88. The molecule has 1 aromatic carbocycles. The van der Waals surface area contributed by atoms with Gasteiger partial charge in [0.25, 0.3) is 11.8 Å². The van der Waals surface area contributed by atoms with Crippen LogP contribution in [-0.2, 0) is 6.42 Å². The van der Waals surface area contributed by atoms with Gasteiger partial charge in [-0.25, -0.2) is 4.39 Å². The molecule has 0 unspecified atom stereocenters. The molecule has 0 fully saturated rings. The summed E-state index contributed by atoms with van der Waals surface area (Å²) in [6, 6.07) is 9.63. The first-order chi connectivity index (χ1) is 10.7. The van der Waals surface area contributed by atoms with Crippen LogP contribution in [0.4, 0.5) is 4.39 Å². The van der Waals surface area contributed by atoms with Gasteiger partial charge in [0.2, 0.25) is 5.89 Å². The number of carbonyl (C=O) groups excluding carboxylic acids is 1. The van der Waals surface area contributed by atoms with Crippen LogP contribution < -0.4 is 5.32 Å². The molecular weight excluding hydrogens is 305 g/mol. The maximum atomic E-state index is 13.5. The summed E-state index contributed by atoms with van der Waals surface area (Å²) in [5.41, 5.74) is 0.0207. The lowest BCUT2D eigenvalue weighted by Crippen LogP contribution is -2.26. The van der Waals surface area contributed by atoms with Gasteiger partial charge >= 0.3 is 0 Å². The Hall–Kier alpha value is -2.54. The molecule has 0 spiro atoms. The van der Waals surface area contributed by atoms with E-state index in [-0.39, 0.29) is 5.56 Å². The van der Waals surface area contributed by atoms with E-state index in [1.165, 1.54) is 29.5 Å². The second kappa shape index (κ2) is 6.48. The average Bonchev–Trinajstić information content (AvgIpc) is 3.18. The highest BCUT2D eigenvalue weighted by atomic mass is 32.1. The van der Waals surface area contributed by atoms with Crippen molar-refractivity contribution < 1.29 is 13.6 Å². The summed E-state index contributed by atoms with van der Waals surface area (Å²) in [4.78, 5) is 12.7. The minimum absolute atomic E-state index is 0.0207. The highest BCUT2D eigenvalue weighted by Gasteiger charge is 2.12. The van der Waals surface area contributed by atoms with Crippen molar-refractivity contribution in [2.24, 2.45) is 0 Å². The van der Waals surface area contributed by atoms with Crippen LogP contribution in [0.15, 0.2) is 46.2 Å². The zero-order chi connectivity index (χ0) is 15.4. The first kappa shape index (κ1) is 14.4. The fraction of sp³-hybridized carbons (Fsp3) is 0.133. The lowest BCUT2D eigenvalue weighted by molar-refractivity contribution is 0.0949. The van der Waals surface area contributed by atoms with E-state index >= 15 is 0 Å². The number of hydrogen-bond acceptors (Lipinski definition) is 5. The zero-order valence-electron chi connectivity index (χ0n) is 11.5. The number of nitrogens with zero attached hydrogens (tertiary/aromatic N) is 2. The van der Waals surface area contributed by atoms with Crippen molar-refractivity contribution in [2.75, 3.05) is 6.54 Å². The maximum absolute atomic E-state index is 13.5. The number of benzene rings is 1. The topological polar surface area (TPSA) is 68.0 Å². The molecule has 0 aliphatic heterocycles. The van der Waals surface area contributed by atoms with E-state index in [4.69, 9.17) is 4.42 Å². The molecule has 5 nitrogen and oxygen atoms in total. The van der Waals surface area contributed by atoms with E-state index in [0.717, 1.165) is 4.88 Å². The van der Waals surface area contributed by atoms with Crippen LogP contribution in [0.2, 0.25) is 0 Å². The van der Waals surface area contributed by atoms with Crippen molar-refractivity contribution in [1.29, 1.82) is 0 Å². The van der Waals surface area contributed by atoms with Gasteiger partial charge in [-0.05, 0) is 23.6 Å². The normalized spacial score (nSPS) is 10.6. The van der Waals surface area contributed by atoms with Crippen LogP contribution in [0.1, 0.15) is 16.2 Å². The number of aromatic nitrogens is 2. The van der Waals surface area contributed by atoms with Gasteiger partial charge in [0.05, 0.1) is 10.4 Å². The molecule has 0 saturated heterocycles. The van der Waals surface area contributed by atoms with E-state index in [9.17, 15) is 9.18 Å². The third-order valence-electron chi connectivity index (χ3n) is 2.94. The summed E-state index contributed by atoms with van der Waals surface area (Å²) in [5.74, 6) is -0.114. The zero-order valence-corrected chi connectivity index (χ0v) is 12.3. The quantitative estimate of drug-likeness (QED) is 0.785. The first-order valence-corrected chi connectivity index (χ1v) is 7.51. The molecule has 0 atom stereocenters. The Balaban J connectivity index is 1.55. The Morgan fingerprint density at radius 2 is 2.09 bits per heavy atom. The smallest absolute Gasteiger partial charge is 0.257 e. The molecule has 0 bridgehead atoms. The van der Waals surface area contributed by atoms with Crippen LogP contribution in [-0.4, -0.2) is 22.6 Å². The SMILES string of the molecule is O=C(NCCc1nnc(-c2cccs2)o1)c1ccccc1F. The molecule has 3 aromatic rings. The molecule has 0 aliphatic rings. The number of halogens is 1. The van der Waals surface area contributed by atoms with Gasteiger partial charge in [0, 0.05) is 13.0 Å². The summed E-state index contributed by atoms with van der Waals surface area (Å²) in [7, 11) is 0. The second-order valence-electron chi connectivity index (χ2n) is 4.46. The summed E-state index contributed by atoms with van der Waals surface area (Å²) in [6.07, 6.45) is 0.387. The van der Waals surface area contributed by atoms with Gasteiger partial charge < -0.3 is 9.73 Å². The number of amides is 1. The summed E-state index contributed by atoms with van der Waals surface area (Å²) in [6.45, 7) is 0.291. The molecule has 22 heavy (non-hydrogen) atoms. The van der Waals surface area contributed by atoms with Crippen molar-refractivity contribution in [2.45, 2.75) is 6.42 Å². The van der Waals surface area contributed by atoms with E-state index in [1.54, 1.807) is 6.07 Å². The average molecular weight is 317 g/mol. The van der Waals surface area contributed by atoms with Crippen LogP contribution in [0.5, 0.6) is 0 Å². The predicted octanol–water partition coefficient (Wildman–Crippen LogP) is 2.91. The third kappa shape index (κ3) is 3.20. The Kier molecular flexibility index (Phi) is 4.24. The largest absolute Gasteiger partial charge is 0.420 e. The molecule has 7 heteroatoms. The molecule has 1 N–H and O–H groups in total. The Labute approximate surface area is 129 Å². The van der Waals surface area contributed by atoms with E-state index < -0.39 is 11.7 Å². The van der Waals surface area contributed by atoms with Crippen molar-refractivity contribution in [3.05, 3.63) is 59.0 Å². The van der Waals surface area contributed by atoms with Crippen molar-refractivity contribution in [3.8, 4) is 10.8 Å². The lowest BCUT2D eigenvalue weighted by Gasteiger charge is -2.04. The van der Waals surface area contributed by atoms with Gasteiger partial charge in [-0.3, -0.25) is 4.79 Å². The monoisotopic (exact) mass is 317 g/mol. The highest BCUT2D eigenvalue weighted by Crippen LogP contribution is 2.22. The fourth-order valence-corrected chi connectivity index (χ4v) is 2.52. The molecule has 2 heterocycles. The molecule has 112 valence electrons. The molecule has 0 radical (unpaired) electrons. The number of carbonyl (C=O) groups is 1. The Bertz CT molecular complexity index is 771. The minimum Gasteiger partial charge on any atom is -0.420 e. The number of thiophene rings is 1. The first-order valence-electron chi connectivity index (χ1n) is 6.63. The number of rotatable bonds is 5. The van der Waals surface area contributed by atoms with E-state index in [0.29, 0.717) is 24.7 Å². The van der Waals surface area contributed by atoms with Gasteiger partial charge in [-0.2, -0.15) is 0 Å². The standard InChI is InChI=1S/C15H12FN3O2S/c16-11-5-2-1-4-10(11)14(20)17-8-7-13-18-19-15(21-13)12-6-3-9-22-12/h1-6,9H,7-8H2,(H,17,20).